The Balaban J connectivity index is 2.63. The first-order chi connectivity index (χ1) is 8.77. The molecular formula is C17H24O. The van der Waals surface area contributed by atoms with Crippen molar-refractivity contribution < 1.29 is 4.79 Å². The van der Waals surface area contributed by atoms with Crippen molar-refractivity contribution in [2.24, 2.45) is 0 Å². The van der Waals surface area contributed by atoms with Crippen molar-refractivity contribution in [3.63, 3.8) is 0 Å². The summed E-state index contributed by atoms with van der Waals surface area (Å²) < 4.78 is 0. The molecule has 0 bridgehead atoms. The van der Waals surface area contributed by atoms with Gasteiger partial charge >= 0.3 is 0 Å². The Labute approximate surface area is 111 Å². The summed E-state index contributed by atoms with van der Waals surface area (Å²) in [5.41, 5.74) is 2.30. The van der Waals surface area contributed by atoms with Crippen LogP contribution < -0.4 is 0 Å². The Morgan fingerprint density at radius 3 is 2.39 bits per heavy atom. The summed E-state index contributed by atoms with van der Waals surface area (Å²) in [6.45, 7) is 4.25. The fraction of sp³-hybridized carbons (Fsp3) is 0.471. The number of carbonyl (C=O) groups excluding carboxylic acids is 1. The molecule has 1 nitrogen and oxygen atoms in total. The van der Waals surface area contributed by atoms with Gasteiger partial charge in [-0.2, -0.15) is 0 Å². The zero-order valence-electron chi connectivity index (χ0n) is 11.6. The fourth-order valence-electron chi connectivity index (χ4n) is 1.98. The molecule has 0 heterocycles. The molecule has 0 aliphatic heterocycles. The van der Waals surface area contributed by atoms with Gasteiger partial charge in [0.25, 0.3) is 0 Å². The lowest BCUT2D eigenvalue weighted by Crippen LogP contribution is -2.03. The molecule has 0 aromatic heterocycles. The van der Waals surface area contributed by atoms with Crippen molar-refractivity contribution in [1.29, 1.82) is 0 Å². The molecule has 0 aliphatic rings. The number of allylic oxidation sites excluding steroid dienone is 2. The van der Waals surface area contributed by atoms with Crippen LogP contribution in [0.15, 0.2) is 42.0 Å². The highest BCUT2D eigenvalue weighted by Crippen LogP contribution is 2.13. The predicted octanol–water partition coefficient (Wildman–Crippen LogP) is 4.71. The molecule has 1 aromatic carbocycles. The Bertz CT molecular complexity index is 376. The molecule has 18 heavy (non-hydrogen) atoms. The van der Waals surface area contributed by atoms with Crippen LogP contribution in [0.3, 0.4) is 0 Å². The zero-order chi connectivity index (χ0) is 13.2. The maximum Gasteiger partial charge on any atom is 0.158 e. The van der Waals surface area contributed by atoms with Gasteiger partial charge in [0.2, 0.25) is 0 Å². The Hall–Kier alpha value is -1.37. The SMILES string of the molecule is CCCCC(=O)/C(=C/Cc1ccccc1)CCC. The van der Waals surface area contributed by atoms with Crippen LogP contribution >= 0.6 is 0 Å². The van der Waals surface area contributed by atoms with Crippen LogP contribution in [-0.4, -0.2) is 5.78 Å². The van der Waals surface area contributed by atoms with Gasteiger partial charge < -0.3 is 0 Å². The summed E-state index contributed by atoms with van der Waals surface area (Å²) >= 11 is 0. The summed E-state index contributed by atoms with van der Waals surface area (Å²) in [4.78, 5) is 12.0. The molecule has 0 saturated carbocycles. The van der Waals surface area contributed by atoms with Crippen molar-refractivity contribution in [2.45, 2.75) is 52.4 Å². The number of Topliss-reactive ketones (excluding diaryl/α,β-unsaturated/α-hetero) is 1. The number of hydrogen-bond donors (Lipinski definition) is 0. The normalized spacial score (nSPS) is 11.6. The van der Waals surface area contributed by atoms with Crippen molar-refractivity contribution in [1.82, 2.24) is 0 Å². The maximum absolute atomic E-state index is 12.0. The topological polar surface area (TPSA) is 17.1 Å². The smallest absolute Gasteiger partial charge is 0.158 e. The molecule has 0 saturated heterocycles. The summed E-state index contributed by atoms with van der Waals surface area (Å²) in [7, 11) is 0. The van der Waals surface area contributed by atoms with Gasteiger partial charge in [-0.1, -0.05) is 63.1 Å². The quantitative estimate of drug-likeness (QED) is 0.605. The van der Waals surface area contributed by atoms with E-state index >= 15 is 0 Å². The third kappa shape index (κ3) is 5.31. The van der Waals surface area contributed by atoms with Crippen LogP contribution in [0.4, 0.5) is 0 Å². The molecule has 0 radical (unpaired) electrons. The minimum Gasteiger partial charge on any atom is -0.295 e. The number of hydrogen-bond acceptors (Lipinski definition) is 1. The number of unbranched alkanes of at least 4 members (excludes halogenated alkanes) is 1. The number of carbonyl (C=O) groups is 1. The number of ketones is 1. The van der Waals surface area contributed by atoms with Crippen LogP contribution in [0.5, 0.6) is 0 Å². The Morgan fingerprint density at radius 2 is 1.78 bits per heavy atom. The third-order valence-corrected chi connectivity index (χ3v) is 3.06. The van der Waals surface area contributed by atoms with E-state index in [1.165, 1.54) is 5.56 Å². The minimum atomic E-state index is 0.342. The monoisotopic (exact) mass is 244 g/mol. The lowest BCUT2D eigenvalue weighted by molar-refractivity contribution is -0.115. The van der Waals surface area contributed by atoms with Crippen molar-refractivity contribution in [3.8, 4) is 0 Å². The van der Waals surface area contributed by atoms with Gasteiger partial charge in [0.15, 0.2) is 5.78 Å². The Morgan fingerprint density at radius 1 is 1.06 bits per heavy atom. The van der Waals surface area contributed by atoms with E-state index in [4.69, 9.17) is 0 Å². The summed E-state index contributed by atoms with van der Waals surface area (Å²) in [6, 6.07) is 10.3. The second-order valence-corrected chi connectivity index (χ2v) is 4.70. The van der Waals surface area contributed by atoms with Crippen LogP contribution in [0.2, 0.25) is 0 Å². The fourth-order valence-corrected chi connectivity index (χ4v) is 1.98. The van der Waals surface area contributed by atoms with E-state index in [1.807, 2.05) is 18.2 Å². The highest BCUT2D eigenvalue weighted by atomic mass is 16.1. The lowest BCUT2D eigenvalue weighted by Gasteiger charge is -2.05. The molecule has 0 unspecified atom stereocenters. The molecule has 0 N–H and O–H groups in total. The molecule has 0 fully saturated rings. The second kappa shape index (κ2) is 8.68. The Kier molecular flexibility index (Phi) is 7.09. The highest BCUT2D eigenvalue weighted by Gasteiger charge is 2.07. The lowest BCUT2D eigenvalue weighted by atomic mass is 9.99. The molecule has 1 aromatic rings. The summed E-state index contributed by atoms with van der Waals surface area (Å²) in [5, 5.41) is 0. The van der Waals surface area contributed by atoms with E-state index in [9.17, 15) is 4.79 Å². The van der Waals surface area contributed by atoms with E-state index in [0.717, 1.165) is 37.7 Å². The van der Waals surface area contributed by atoms with E-state index in [2.05, 4.69) is 32.1 Å². The van der Waals surface area contributed by atoms with Gasteiger partial charge in [-0.05, 0) is 30.4 Å². The molecule has 0 amide bonds. The van der Waals surface area contributed by atoms with Crippen LogP contribution in [0.1, 0.15) is 51.5 Å². The average Bonchev–Trinajstić information content (AvgIpc) is 2.42. The first-order valence-electron chi connectivity index (χ1n) is 7.04. The van der Waals surface area contributed by atoms with Gasteiger partial charge in [-0.3, -0.25) is 4.79 Å². The molecule has 0 atom stereocenters. The van der Waals surface area contributed by atoms with E-state index in [1.54, 1.807) is 0 Å². The second-order valence-electron chi connectivity index (χ2n) is 4.70. The largest absolute Gasteiger partial charge is 0.295 e. The van der Waals surface area contributed by atoms with Crippen LogP contribution in [0, 0.1) is 0 Å². The molecule has 0 spiro atoms. The standard InChI is InChI=1S/C17H24O/c1-3-5-12-17(18)16(9-4-2)14-13-15-10-7-6-8-11-15/h6-8,10-11,14H,3-5,9,12-13H2,1-2H3/b16-14+. The van der Waals surface area contributed by atoms with Gasteiger partial charge in [0.1, 0.15) is 0 Å². The third-order valence-electron chi connectivity index (χ3n) is 3.06. The molecule has 98 valence electrons. The number of rotatable bonds is 8. The molecule has 1 rings (SSSR count). The number of benzene rings is 1. The average molecular weight is 244 g/mol. The first kappa shape index (κ1) is 14.7. The van der Waals surface area contributed by atoms with E-state index in [0.29, 0.717) is 12.2 Å². The van der Waals surface area contributed by atoms with Gasteiger partial charge in [0.05, 0.1) is 0 Å². The van der Waals surface area contributed by atoms with E-state index < -0.39 is 0 Å². The summed E-state index contributed by atoms with van der Waals surface area (Å²) in [6.07, 6.45) is 7.74. The predicted molar refractivity (Wildman–Crippen MR) is 77.7 cm³/mol. The van der Waals surface area contributed by atoms with Crippen molar-refractivity contribution >= 4 is 5.78 Å². The summed E-state index contributed by atoms with van der Waals surface area (Å²) in [5.74, 6) is 0.342. The molecular weight excluding hydrogens is 220 g/mol. The highest BCUT2D eigenvalue weighted by molar-refractivity contribution is 5.95. The maximum atomic E-state index is 12.0. The molecule has 1 heteroatoms. The van der Waals surface area contributed by atoms with Crippen molar-refractivity contribution in [2.75, 3.05) is 0 Å². The first-order valence-corrected chi connectivity index (χ1v) is 7.04. The minimum absolute atomic E-state index is 0.342. The van der Waals surface area contributed by atoms with Gasteiger partial charge in [0, 0.05) is 6.42 Å². The van der Waals surface area contributed by atoms with Gasteiger partial charge in [-0.25, -0.2) is 0 Å². The van der Waals surface area contributed by atoms with Crippen molar-refractivity contribution in [3.05, 3.63) is 47.5 Å². The van der Waals surface area contributed by atoms with E-state index in [-0.39, 0.29) is 0 Å². The van der Waals surface area contributed by atoms with Gasteiger partial charge in [-0.15, -0.1) is 0 Å². The van der Waals surface area contributed by atoms with Crippen LogP contribution in [0.25, 0.3) is 0 Å². The van der Waals surface area contributed by atoms with Crippen LogP contribution in [-0.2, 0) is 11.2 Å². The zero-order valence-corrected chi connectivity index (χ0v) is 11.6. The molecule has 0 aliphatic carbocycles.